The van der Waals surface area contributed by atoms with Crippen molar-refractivity contribution in [2.24, 2.45) is 5.92 Å². The quantitative estimate of drug-likeness (QED) is 0.847. The van der Waals surface area contributed by atoms with Gasteiger partial charge in [0.2, 0.25) is 0 Å². The van der Waals surface area contributed by atoms with E-state index in [2.05, 4.69) is 58.6 Å². The molecule has 0 spiro atoms. The highest BCUT2D eigenvalue weighted by atomic mass is 15.2. The zero-order valence-corrected chi connectivity index (χ0v) is 12.0. The van der Waals surface area contributed by atoms with Crippen LogP contribution in [0.2, 0.25) is 0 Å². The summed E-state index contributed by atoms with van der Waals surface area (Å²) in [6.07, 6.45) is 4.40. The fraction of sp³-hybridized carbons (Fsp3) is 0.600. The van der Waals surface area contributed by atoms with E-state index in [4.69, 9.17) is 0 Å². The lowest BCUT2D eigenvalue weighted by atomic mass is 10.0. The maximum Gasteiger partial charge on any atom is 0.161 e. The molecule has 1 aliphatic rings. The molecule has 4 heteroatoms. The average Bonchev–Trinajstić information content (AvgIpc) is 2.97. The summed E-state index contributed by atoms with van der Waals surface area (Å²) in [5.41, 5.74) is 2.20. The predicted octanol–water partition coefficient (Wildman–Crippen LogP) is 2.31. The van der Waals surface area contributed by atoms with Crippen molar-refractivity contribution in [1.82, 2.24) is 19.5 Å². The van der Waals surface area contributed by atoms with Crippen molar-refractivity contribution >= 4 is 5.65 Å². The Bertz CT molecular complexity index is 573. The van der Waals surface area contributed by atoms with Gasteiger partial charge in [0.25, 0.3) is 0 Å². The number of rotatable bonds is 3. The van der Waals surface area contributed by atoms with Gasteiger partial charge in [-0.25, -0.2) is 0 Å². The Balaban J connectivity index is 1.76. The molecule has 0 saturated carbocycles. The monoisotopic (exact) mass is 258 g/mol. The summed E-state index contributed by atoms with van der Waals surface area (Å²) < 4.78 is 2.13. The van der Waals surface area contributed by atoms with E-state index in [1.807, 2.05) is 0 Å². The molecule has 102 valence electrons. The van der Waals surface area contributed by atoms with Crippen molar-refractivity contribution in [2.75, 3.05) is 13.1 Å². The van der Waals surface area contributed by atoms with Gasteiger partial charge in [-0.1, -0.05) is 0 Å². The molecule has 1 atom stereocenters. The second kappa shape index (κ2) is 4.93. The van der Waals surface area contributed by atoms with Crippen molar-refractivity contribution in [3.05, 3.63) is 29.7 Å². The molecule has 1 saturated heterocycles. The normalized spacial score (nSPS) is 20.7. The molecule has 0 radical (unpaired) electrons. The molecule has 4 nitrogen and oxygen atoms in total. The van der Waals surface area contributed by atoms with E-state index < -0.39 is 0 Å². The maximum absolute atomic E-state index is 4.36. The van der Waals surface area contributed by atoms with Gasteiger partial charge < -0.3 is 4.90 Å². The number of hydrogen-bond acceptors (Lipinski definition) is 3. The molecule has 0 aliphatic carbocycles. The minimum absolute atomic E-state index is 0.655. The van der Waals surface area contributed by atoms with Gasteiger partial charge in [-0.3, -0.25) is 4.40 Å². The number of nitrogens with zero attached hydrogens (tertiary/aromatic N) is 4. The average molecular weight is 258 g/mol. The van der Waals surface area contributed by atoms with Gasteiger partial charge >= 0.3 is 0 Å². The summed E-state index contributed by atoms with van der Waals surface area (Å²) in [4.78, 5) is 2.55. The first-order chi connectivity index (χ1) is 9.13. The van der Waals surface area contributed by atoms with Gasteiger partial charge in [0.15, 0.2) is 5.65 Å². The highest BCUT2D eigenvalue weighted by molar-refractivity contribution is 5.40. The van der Waals surface area contributed by atoms with Crippen LogP contribution in [0.1, 0.15) is 31.7 Å². The Labute approximate surface area is 114 Å². The van der Waals surface area contributed by atoms with Crippen LogP contribution in [0.15, 0.2) is 18.3 Å². The Morgan fingerprint density at radius 1 is 1.37 bits per heavy atom. The predicted molar refractivity (Wildman–Crippen MR) is 76.2 cm³/mol. The SMILES string of the molecule is Cc1ccn2c(CC3CCN(C(C)C)C3)nnc2c1. The third-order valence-electron chi connectivity index (χ3n) is 4.15. The molecule has 0 bridgehead atoms. The first kappa shape index (κ1) is 12.6. The number of aromatic nitrogens is 3. The van der Waals surface area contributed by atoms with Gasteiger partial charge in [0, 0.05) is 25.2 Å². The van der Waals surface area contributed by atoms with Crippen LogP contribution in [0.5, 0.6) is 0 Å². The molecule has 0 aromatic carbocycles. The van der Waals surface area contributed by atoms with Crippen molar-refractivity contribution < 1.29 is 0 Å². The fourth-order valence-electron chi connectivity index (χ4n) is 2.94. The van der Waals surface area contributed by atoms with Gasteiger partial charge in [0.05, 0.1) is 0 Å². The fourth-order valence-corrected chi connectivity index (χ4v) is 2.94. The van der Waals surface area contributed by atoms with Crippen LogP contribution in [0, 0.1) is 12.8 Å². The van der Waals surface area contributed by atoms with Crippen molar-refractivity contribution in [3.63, 3.8) is 0 Å². The maximum atomic E-state index is 4.36. The van der Waals surface area contributed by atoms with Crippen LogP contribution >= 0.6 is 0 Å². The lowest BCUT2D eigenvalue weighted by Gasteiger charge is -2.20. The van der Waals surface area contributed by atoms with Gasteiger partial charge in [-0.2, -0.15) is 0 Å². The van der Waals surface area contributed by atoms with E-state index in [0.29, 0.717) is 6.04 Å². The first-order valence-electron chi connectivity index (χ1n) is 7.18. The van der Waals surface area contributed by atoms with E-state index in [1.54, 1.807) is 0 Å². The van der Waals surface area contributed by atoms with E-state index in [0.717, 1.165) is 23.8 Å². The van der Waals surface area contributed by atoms with Gasteiger partial charge in [-0.15, -0.1) is 10.2 Å². The third kappa shape index (κ3) is 2.50. The summed E-state index contributed by atoms with van der Waals surface area (Å²) in [6, 6.07) is 4.86. The largest absolute Gasteiger partial charge is 0.301 e. The molecule has 1 fully saturated rings. The van der Waals surface area contributed by atoms with E-state index in [-0.39, 0.29) is 0 Å². The van der Waals surface area contributed by atoms with Crippen molar-refractivity contribution in [1.29, 1.82) is 0 Å². The minimum Gasteiger partial charge on any atom is -0.301 e. The molecular formula is C15H22N4. The Kier molecular flexibility index (Phi) is 3.27. The molecule has 0 N–H and O–H groups in total. The smallest absolute Gasteiger partial charge is 0.161 e. The zero-order chi connectivity index (χ0) is 13.4. The molecular weight excluding hydrogens is 236 g/mol. The summed E-state index contributed by atoms with van der Waals surface area (Å²) >= 11 is 0. The highest BCUT2D eigenvalue weighted by Crippen LogP contribution is 2.22. The van der Waals surface area contributed by atoms with Crippen LogP contribution in [0.4, 0.5) is 0 Å². The van der Waals surface area contributed by atoms with Crippen LogP contribution < -0.4 is 0 Å². The van der Waals surface area contributed by atoms with E-state index in [1.165, 1.54) is 25.1 Å². The number of pyridine rings is 1. The van der Waals surface area contributed by atoms with Crippen LogP contribution in [0.25, 0.3) is 5.65 Å². The number of likely N-dealkylation sites (tertiary alicyclic amines) is 1. The summed E-state index contributed by atoms with van der Waals surface area (Å²) in [6.45, 7) is 9.05. The van der Waals surface area contributed by atoms with Crippen LogP contribution in [-0.4, -0.2) is 38.6 Å². The summed E-state index contributed by atoms with van der Waals surface area (Å²) in [5, 5.41) is 8.64. The second-order valence-electron chi connectivity index (χ2n) is 6.00. The second-order valence-corrected chi connectivity index (χ2v) is 6.00. The molecule has 1 unspecified atom stereocenters. The van der Waals surface area contributed by atoms with Crippen LogP contribution in [-0.2, 0) is 6.42 Å². The lowest BCUT2D eigenvalue weighted by Crippen LogP contribution is -2.28. The van der Waals surface area contributed by atoms with Gasteiger partial charge in [-0.05, 0) is 57.4 Å². The van der Waals surface area contributed by atoms with E-state index in [9.17, 15) is 0 Å². The summed E-state index contributed by atoms with van der Waals surface area (Å²) in [5.74, 6) is 1.82. The van der Waals surface area contributed by atoms with E-state index >= 15 is 0 Å². The first-order valence-corrected chi connectivity index (χ1v) is 7.18. The van der Waals surface area contributed by atoms with Crippen LogP contribution in [0.3, 0.4) is 0 Å². The minimum atomic E-state index is 0.655. The van der Waals surface area contributed by atoms with Gasteiger partial charge in [0.1, 0.15) is 5.82 Å². The number of fused-ring (bicyclic) bond motifs is 1. The standard InChI is InChI=1S/C15H22N4/c1-11(2)18-6-5-13(10-18)9-15-17-16-14-8-12(3)4-7-19(14)15/h4,7-8,11,13H,5-6,9-10H2,1-3H3. The zero-order valence-electron chi connectivity index (χ0n) is 12.0. The number of aryl methyl sites for hydroxylation is 1. The Morgan fingerprint density at radius 3 is 2.95 bits per heavy atom. The topological polar surface area (TPSA) is 33.4 Å². The molecule has 1 aliphatic heterocycles. The molecule has 2 aromatic rings. The molecule has 0 amide bonds. The van der Waals surface area contributed by atoms with Crippen molar-refractivity contribution in [3.8, 4) is 0 Å². The Hall–Kier alpha value is -1.42. The molecule has 2 aromatic heterocycles. The summed E-state index contributed by atoms with van der Waals surface area (Å²) in [7, 11) is 0. The Morgan fingerprint density at radius 2 is 2.21 bits per heavy atom. The molecule has 19 heavy (non-hydrogen) atoms. The highest BCUT2D eigenvalue weighted by Gasteiger charge is 2.25. The number of hydrogen-bond donors (Lipinski definition) is 0. The molecule has 3 rings (SSSR count). The lowest BCUT2D eigenvalue weighted by molar-refractivity contribution is 0.264. The molecule has 3 heterocycles. The van der Waals surface area contributed by atoms with Crippen molar-refractivity contribution in [2.45, 2.75) is 39.7 Å². The third-order valence-corrected chi connectivity index (χ3v) is 4.15.